The largest absolute Gasteiger partial charge is 0.381 e. The van der Waals surface area contributed by atoms with E-state index in [9.17, 15) is 4.79 Å². The molecule has 2 aromatic rings. The third-order valence-electron chi connectivity index (χ3n) is 3.12. The van der Waals surface area contributed by atoms with E-state index in [1.807, 2.05) is 24.3 Å². The summed E-state index contributed by atoms with van der Waals surface area (Å²) in [6, 6.07) is 9.93. The van der Waals surface area contributed by atoms with Gasteiger partial charge in [0.25, 0.3) is 0 Å². The van der Waals surface area contributed by atoms with Gasteiger partial charge in [-0.3, -0.25) is 4.79 Å². The molecule has 0 atom stereocenters. The van der Waals surface area contributed by atoms with Crippen LogP contribution in [0.15, 0.2) is 42.7 Å². The second kappa shape index (κ2) is 6.80. The van der Waals surface area contributed by atoms with E-state index in [0.29, 0.717) is 6.42 Å². The normalized spacial score (nSPS) is 10.4. The summed E-state index contributed by atoms with van der Waals surface area (Å²) in [7, 11) is 0. The van der Waals surface area contributed by atoms with Crippen LogP contribution in [0.2, 0.25) is 0 Å². The van der Waals surface area contributed by atoms with Crippen LogP contribution >= 0.6 is 0 Å². The molecule has 0 bridgehead atoms. The van der Waals surface area contributed by atoms with Gasteiger partial charge in [0.1, 0.15) is 0 Å². The Kier molecular flexibility index (Phi) is 4.82. The molecular weight excluding hydrogens is 250 g/mol. The Morgan fingerprint density at radius 3 is 2.60 bits per heavy atom. The quantitative estimate of drug-likeness (QED) is 0.813. The van der Waals surface area contributed by atoms with Crippen molar-refractivity contribution in [2.45, 2.75) is 32.9 Å². The van der Waals surface area contributed by atoms with Gasteiger partial charge in [0.2, 0.25) is 5.91 Å². The van der Waals surface area contributed by atoms with E-state index in [1.54, 1.807) is 0 Å². The molecule has 0 saturated carbocycles. The number of rotatable bonds is 7. The molecule has 0 aliphatic rings. The fourth-order valence-electron chi connectivity index (χ4n) is 2.14. The van der Waals surface area contributed by atoms with Gasteiger partial charge in [0, 0.05) is 31.2 Å². The van der Waals surface area contributed by atoms with E-state index >= 15 is 0 Å². The number of anilines is 1. The number of hydrogen-bond donors (Lipinski definition) is 2. The first-order valence-electron chi connectivity index (χ1n) is 6.93. The maximum Gasteiger partial charge on any atom is 0.221 e. The molecule has 1 aromatic heterocycles. The Hall–Kier alpha value is -2.23. The van der Waals surface area contributed by atoms with Crippen molar-refractivity contribution in [2.75, 3.05) is 5.32 Å². The molecule has 4 heteroatoms. The van der Waals surface area contributed by atoms with E-state index in [2.05, 4.69) is 35.3 Å². The van der Waals surface area contributed by atoms with Gasteiger partial charge in [-0.25, -0.2) is 0 Å². The van der Waals surface area contributed by atoms with Gasteiger partial charge in [0.15, 0.2) is 0 Å². The molecule has 0 aliphatic carbocycles. The van der Waals surface area contributed by atoms with Crippen LogP contribution in [0.1, 0.15) is 24.5 Å². The topological polar surface area (TPSA) is 60.1 Å². The zero-order valence-electron chi connectivity index (χ0n) is 11.8. The van der Waals surface area contributed by atoms with Crippen molar-refractivity contribution in [2.24, 2.45) is 5.73 Å². The van der Waals surface area contributed by atoms with E-state index in [1.165, 1.54) is 5.56 Å². The summed E-state index contributed by atoms with van der Waals surface area (Å²) in [5, 5.41) is 3.37. The van der Waals surface area contributed by atoms with Crippen molar-refractivity contribution >= 4 is 11.6 Å². The summed E-state index contributed by atoms with van der Waals surface area (Å²) < 4.78 is 2.20. The average molecular weight is 271 g/mol. The van der Waals surface area contributed by atoms with E-state index in [4.69, 9.17) is 5.73 Å². The van der Waals surface area contributed by atoms with Crippen LogP contribution in [0.4, 0.5) is 5.69 Å². The molecule has 2 rings (SSSR count). The molecule has 0 saturated heterocycles. The van der Waals surface area contributed by atoms with Crippen molar-refractivity contribution in [1.82, 2.24) is 4.57 Å². The Labute approximate surface area is 119 Å². The van der Waals surface area contributed by atoms with Gasteiger partial charge in [-0.15, -0.1) is 0 Å². The molecule has 0 radical (unpaired) electrons. The smallest absolute Gasteiger partial charge is 0.221 e. The highest BCUT2D eigenvalue weighted by Crippen LogP contribution is 2.12. The number of nitrogens with two attached hydrogens (primary N) is 1. The maximum atomic E-state index is 10.8. The second-order valence-corrected chi connectivity index (χ2v) is 4.95. The van der Waals surface area contributed by atoms with Gasteiger partial charge in [0.05, 0.1) is 6.42 Å². The van der Waals surface area contributed by atoms with Crippen molar-refractivity contribution < 1.29 is 4.79 Å². The predicted molar refractivity (Wildman–Crippen MR) is 81.4 cm³/mol. The molecule has 0 spiro atoms. The molecule has 20 heavy (non-hydrogen) atoms. The number of benzene rings is 1. The molecule has 0 unspecified atom stereocenters. The molecule has 0 aliphatic heterocycles. The van der Waals surface area contributed by atoms with Crippen LogP contribution < -0.4 is 11.1 Å². The highest BCUT2D eigenvalue weighted by molar-refractivity contribution is 5.76. The number of primary amides is 1. The second-order valence-electron chi connectivity index (χ2n) is 4.95. The monoisotopic (exact) mass is 271 g/mol. The first kappa shape index (κ1) is 14.2. The number of carbonyl (C=O) groups excluding carboxylic acids is 1. The third-order valence-corrected chi connectivity index (χ3v) is 3.12. The minimum atomic E-state index is -0.303. The molecule has 4 nitrogen and oxygen atoms in total. The van der Waals surface area contributed by atoms with Crippen molar-refractivity contribution in [3.8, 4) is 0 Å². The predicted octanol–water partition coefficient (Wildman–Crippen LogP) is 2.54. The summed E-state index contributed by atoms with van der Waals surface area (Å²) in [6.45, 7) is 4.03. The SMILES string of the molecule is CCCn1ccc(CNc2ccc(CC(N)=O)cc2)c1. The van der Waals surface area contributed by atoms with Gasteiger partial charge >= 0.3 is 0 Å². The van der Waals surface area contributed by atoms with Crippen LogP contribution in [-0.4, -0.2) is 10.5 Å². The average Bonchev–Trinajstić information content (AvgIpc) is 2.86. The lowest BCUT2D eigenvalue weighted by Crippen LogP contribution is -2.13. The molecular formula is C16H21N3O. The minimum Gasteiger partial charge on any atom is -0.381 e. The summed E-state index contributed by atoms with van der Waals surface area (Å²) >= 11 is 0. The highest BCUT2D eigenvalue weighted by Gasteiger charge is 2.00. The van der Waals surface area contributed by atoms with Crippen LogP contribution in [0.5, 0.6) is 0 Å². The molecule has 3 N–H and O–H groups in total. The van der Waals surface area contributed by atoms with Crippen molar-refractivity contribution in [3.63, 3.8) is 0 Å². The lowest BCUT2D eigenvalue weighted by Gasteiger charge is -2.06. The van der Waals surface area contributed by atoms with Gasteiger partial charge < -0.3 is 15.6 Å². The van der Waals surface area contributed by atoms with Crippen LogP contribution in [-0.2, 0) is 24.3 Å². The fraction of sp³-hybridized carbons (Fsp3) is 0.312. The number of nitrogens with zero attached hydrogens (tertiary/aromatic N) is 1. The van der Waals surface area contributed by atoms with Crippen LogP contribution in [0, 0.1) is 0 Å². The number of aryl methyl sites for hydroxylation is 1. The summed E-state index contributed by atoms with van der Waals surface area (Å²) in [4.78, 5) is 10.8. The zero-order chi connectivity index (χ0) is 14.4. The van der Waals surface area contributed by atoms with Gasteiger partial charge in [-0.2, -0.15) is 0 Å². The molecule has 106 valence electrons. The Bertz CT molecular complexity index is 557. The Balaban J connectivity index is 1.88. The van der Waals surface area contributed by atoms with Gasteiger partial charge in [-0.1, -0.05) is 19.1 Å². The van der Waals surface area contributed by atoms with Gasteiger partial charge in [-0.05, 0) is 35.7 Å². The number of nitrogens with one attached hydrogen (secondary N) is 1. The Morgan fingerprint density at radius 2 is 1.95 bits per heavy atom. The molecule has 1 amide bonds. The first-order valence-corrected chi connectivity index (χ1v) is 6.93. The molecule has 1 aromatic carbocycles. The summed E-state index contributed by atoms with van der Waals surface area (Å²) in [5.41, 5.74) is 8.42. The van der Waals surface area contributed by atoms with Crippen molar-refractivity contribution in [1.29, 1.82) is 0 Å². The maximum absolute atomic E-state index is 10.8. The van der Waals surface area contributed by atoms with Crippen LogP contribution in [0.25, 0.3) is 0 Å². The third kappa shape index (κ3) is 4.16. The first-order chi connectivity index (χ1) is 9.67. The summed E-state index contributed by atoms with van der Waals surface area (Å²) in [6.07, 6.45) is 5.71. The molecule has 0 fully saturated rings. The number of amides is 1. The number of aromatic nitrogens is 1. The standard InChI is InChI=1S/C16H21N3O/c1-2-8-19-9-7-14(12-19)11-18-15-5-3-13(4-6-15)10-16(17)20/h3-7,9,12,18H,2,8,10-11H2,1H3,(H2,17,20). The van der Waals surface area contributed by atoms with E-state index in [0.717, 1.165) is 30.8 Å². The highest BCUT2D eigenvalue weighted by atomic mass is 16.1. The zero-order valence-corrected chi connectivity index (χ0v) is 11.8. The van der Waals surface area contributed by atoms with Crippen LogP contribution in [0.3, 0.4) is 0 Å². The lowest BCUT2D eigenvalue weighted by molar-refractivity contribution is -0.117. The number of carbonyl (C=O) groups is 1. The number of hydrogen-bond acceptors (Lipinski definition) is 2. The minimum absolute atomic E-state index is 0.292. The molecule has 1 heterocycles. The fourth-order valence-corrected chi connectivity index (χ4v) is 2.14. The lowest BCUT2D eigenvalue weighted by atomic mass is 10.1. The van der Waals surface area contributed by atoms with Crippen molar-refractivity contribution in [3.05, 3.63) is 53.9 Å². The van der Waals surface area contributed by atoms with E-state index in [-0.39, 0.29) is 5.91 Å². The summed E-state index contributed by atoms with van der Waals surface area (Å²) in [5.74, 6) is -0.303. The Morgan fingerprint density at radius 1 is 1.20 bits per heavy atom. The van der Waals surface area contributed by atoms with E-state index < -0.39 is 0 Å².